The minimum Gasteiger partial charge on any atom is -0.345 e. The van der Waals surface area contributed by atoms with Gasteiger partial charge in [-0.05, 0) is 0 Å². The highest BCUT2D eigenvalue weighted by Gasteiger charge is 2.35. The van der Waals surface area contributed by atoms with Crippen LogP contribution in [0.15, 0.2) is 78.2 Å². The summed E-state index contributed by atoms with van der Waals surface area (Å²) in [7, 11) is 2.01. The maximum absolute atomic E-state index is 6.16. The van der Waals surface area contributed by atoms with Gasteiger partial charge in [0.2, 0.25) is 6.29 Å². The molecule has 0 aliphatic carbocycles. The molecule has 32 heavy (non-hydrogen) atoms. The number of nitrogens with zero attached hydrogens (tertiary/aromatic N) is 3. The monoisotopic (exact) mass is 446 g/mol. The van der Waals surface area contributed by atoms with E-state index in [0.717, 1.165) is 33.4 Å². The molecule has 164 valence electrons. The van der Waals surface area contributed by atoms with Gasteiger partial charge in [0.15, 0.2) is 11.0 Å². The van der Waals surface area contributed by atoms with Crippen LogP contribution in [0, 0.1) is 5.41 Å². The molecular formula is C25H26N4O2S. The summed E-state index contributed by atoms with van der Waals surface area (Å²) in [5, 5.41) is 0.999. The molecule has 1 N–H and O–H groups in total. The van der Waals surface area contributed by atoms with E-state index in [0.29, 0.717) is 19.0 Å². The summed E-state index contributed by atoms with van der Waals surface area (Å²) >= 11 is 1.73. The molecule has 0 radical (unpaired) electrons. The van der Waals surface area contributed by atoms with Gasteiger partial charge < -0.3 is 19.0 Å². The van der Waals surface area contributed by atoms with Gasteiger partial charge in [-0.1, -0.05) is 79.3 Å². The second-order valence-corrected chi connectivity index (χ2v) is 9.39. The van der Waals surface area contributed by atoms with Crippen LogP contribution >= 0.6 is 11.8 Å². The number of aromatic nitrogens is 4. The number of thioether (sulfide) groups is 1. The number of hydrogen-bond acceptors (Lipinski definition) is 5. The first kappa shape index (κ1) is 21.0. The second-order valence-electron chi connectivity index (χ2n) is 8.45. The largest absolute Gasteiger partial charge is 0.345 e. The Morgan fingerprint density at radius 3 is 2.31 bits per heavy atom. The third kappa shape index (κ3) is 4.37. The first-order valence-corrected chi connectivity index (χ1v) is 11.6. The van der Waals surface area contributed by atoms with E-state index < -0.39 is 6.29 Å². The van der Waals surface area contributed by atoms with Crippen molar-refractivity contribution in [1.29, 1.82) is 0 Å². The number of H-pyrrole nitrogens is 1. The minimum atomic E-state index is -0.513. The van der Waals surface area contributed by atoms with Crippen molar-refractivity contribution in [3.05, 3.63) is 78.9 Å². The van der Waals surface area contributed by atoms with Gasteiger partial charge in [-0.3, -0.25) is 0 Å². The van der Waals surface area contributed by atoms with Gasteiger partial charge in [0.05, 0.1) is 24.6 Å². The summed E-state index contributed by atoms with van der Waals surface area (Å²) in [4.78, 5) is 12.8. The fourth-order valence-electron chi connectivity index (χ4n) is 3.74. The Bertz CT molecular complexity index is 1110. The van der Waals surface area contributed by atoms with Crippen molar-refractivity contribution in [3.63, 3.8) is 0 Å². The molecule has 6 nitrogen and oxygen atoms in total. The first-order chi connectivity index (χ1) is 15.6. The van der Waals surface area contributed by atoms with Gasteiger partial charge in [-0.2, -0.15) is 0 Å². The lowest BCUT2D eigenvalue weighted by Crippen LogP contribution is -2.38. The molecule has 1 aliphatic heterocycles. The van der Waals surface area contributed by atoms with Crippen LogP contribution < -0.4 is 0 Å². The predicted octanol–water partition coefficient (Wildman–Crippen LogP) is 5.32. The average molecular weight is 447 g/mol. The number of hydrogen-bond donors (Lipinski definition) is 1. The lowest BCUT2D eigenvalue weighted by atomic mass is 9.95. The van der Waals surface area contributed by atoms with Crippen molar-refractivity contribution in [1.82, 2.24) is 19.5 Å². The third-order valence-electron chi connectivity index (χ3n) is 5.55. The zero-order chi connectivity index (χ0) is 22.0. The van der Waals surface area contributed by atoms with E-state index in [2.05, 4.69) is 41.2 Å². The van der Waals surface area contributed by atoms with E-state index in [4.69, 9.17) is 14.5 Å². The van der Waals surface area contributed by atoms with E-state index in [1.165, 1.54) is 0 Å². The van der Waals surface area contributed by atoms with Crippen LogP contribution in [-0.4, -0.2) is 38.5 Å². The number of aryl methyl sites for hydroxylation is 1. The molecule has 1 fully saturated rings. The number of imidazole rings is 2. The number of nitrogens with one attached hydrogen (secondary N) is 1. The van der Waals surface area contributed by atoms with Crippen LogP contribution in [-0.2, 0) is 16.5 Å². The molecule has 1 saturated heterocycles. The first-order valence-electron chi connectivity index (χ1n) is 10.7. The molecule has 0 saturated carbocycles. The fraction of sp³-hybridized carbons (Fsp3) is 0.280. The number of benzene rings is 2. The molecule has 3 heterocycles. The summed E-state index contributed by atoms with van der Waals surface area (Å²) in [5.41, 5.74) is 3.91. The average Bonchev–Trinajstić information content (AvgIpc) is 3.46. The van der Waals surface area contributed by atoms with E-state index >= 15 is 0 Å². The quantitative estimate of drug-likeness (QED) is 0.406. The lowest BCUT2D eigenvalue weighted by molar-refractivity contribution is -0.228. The summed E-state index contributed by atoms with van der Waals surface area (Å²) in [6.45, 7) is 3.38. The summed E-state index contributed by atoms with van der Waals surface area (Å²) in [6.07, 6.45) is 3.27. The minimum absolute atomic E-state index is 0.0930. The van der Waals surface area contributed by atoms with Gasteiger partial charge in [0, 0.05) is 41.7 Å². The van der Waals surface area contributed by atoms with Crippen molar-refractivity contribution in [2.75, 3.05) is 19.0 Å². The molecule has 4 aromatic rings. The third-order valence-corrected chi connectivity index (χ3v) is 7.04. The molecule has 2 aromatic carbocycles. The summed E-state index contributed by atoms with van der Waals surface area (Å²) in [6, 6.07) is 20.4. The molecule has 5 rings (SSSR count). The Morgan fingerprint density at radius 2 is 1.69 bits per heavy atom. The summed E-state index contributed by atoms with van der Waals surface area (Å²) in [5.74, 6) is 1.56. The molecule has 2 aromatic heterocycles. The van der Waals surface area contributed by atoms with Gasteiger partial charge >= 0.3 is 0 Å². The standard InChI is InChI=1S/C25H26N4O2S/c1-25(17-32-24-26-13-14-29(24)2)15-30-23(31-16-25)22-27-20(18-9-5-3-6-10-18)21(28-22)19-11-7-4-8-12-19/h3-14,23H,15-17H2,1-2H3,(H,27,28). The zero-order valence-corrected chi connectivity index (χ0v) is 19.0. The lowest BCUT2D eigenvalue weighted by Gasteiger charge is -2.36. The molecule has 7 heteroatoms. The smallest absolute Gasteiger partial charge is 0.217 e. The zero-order valence-electron chi connectivity index (χ0n) is 18.2. The Morgan fingerprint density at radius 1 is 1.03 bits per heavy atom. The van der Waals surface area contributed by atoms with Crippen LogP contribution in [0.5, 0.6) is 0 Å². The molecule has 0 spiro atoms. The molecule has 0 atom stereocenters. The Labute approximate surface area is 192 Å². The maximum Gasteiger partial charge on any atom is 0.217 e. The van der Waals surface area contributed by atoms with Crippen LogP contribution in [0.3, 0.4) is 0 Å². The highest BCUT2D eigenvalue weighted by atomic mass is 32.2. The Balaban J connectivity index is 1.34. The topological polar surface area (TPSA) is 65.0 Å². The van der Waals surface area contributed by atoms with Gasteiger partial charge in [0.1, 0.15) is 0 Å². The molecule has 0 amide bonds. The van der Waals surface area contributed by atoms with Crippen molar-refractivity contribution in [2.45, 2.75) is 18.4 Å². The van der Waals surface area contributed by atoms with Crippen LogP contribution in [0.4, 0.5) is 0 Å². The van der Waals surface area contributed by atoms with E-state index in [1.807, 2.05) is 60.4 Å². The maximum atomic E-state index is 6.16. The summed E-state index contributed by atoms with van der Waals surface area (Å²) < 4.78 is 14.4. The fourth-order valence-corrected chi connectivity index (χ4v) is 4.78. The van der Waals surface area contributed by atoms with E-state index in [9.17, 15) is 0 Å². The van der Waals surface area contributed by atoms with Gasteiger partial charge in [0.25, 0.3) is 0 Å². The number of ether oxygens (including phenoxy) is 2. The number of rotatable bonds is 6. The van der Waals surface area contributed by atoms with Crippen molar-refractivity contribution < 1.29 is 9.47 Å². The molecule has 1 aliphatic rings. The SMILES string of the molecule is Cn1ccnc1SCC1(C)COC(c2nc(-c3ccccc3)c(-c3ccccc3)[nH]2)OC1. The number of aromatic amines is 1. The highest BCUT2D eigenvalue weighted by Crippen LogP contribution is 2.37. The Kier molecular flexibility index (Phi) is 5.87. The Hall–Kier alpha value is -2.87. The normalized spacial score (nSPS) is 21.0. The van der Waals surface area contributed by atoms with E-state index in [-0.39, 0.29) is 5.41 Å². The highest BCUT2D eigenvalue weighted by molar-refractivity contribution is 7.99. The van der Waals surface area contributed by atoms with Crippen LogP contribution in [0.2, 0.25) is 0 Å². The molecule has 0 bridgehead atoms. The van der Waals surface area contributed by atoms with Crippen LogP contribution in [0.25, 0.3) is 22.5 Å². The van der Waals surface area contributed by atoms with Crippen LogP contribution in [0.1, 0.15) is 19.0 Å². The van der Waals surface area contributed by atoms with Crippen molar-refractivity contribution >= 4 is 11.8 Å². The van der Waals surface area contributed by atoms with E-state index in [1.54, 1.807) is 11.8 Å². The molecular weight excluding hydrogens is 420 g/mol. The van der Waals surface area contributed by atoms with Gasteiger partial charge in [-0.25, -0.2) is 9.97 Å². The second kappa shape index (κ2) is 8.94. The van der Waals surface area contributed by atoms with Crippen molar-refractivity contribution in [2.24, 2.45) is 12.5 Å². The molecule has 0 unspecified atom stereocenters. The van der Waals surface area contributed by atoms with Gasteiger partial charge in [-0.15, -0.1) is 0 Å². The predicted molar refractivity (Wildman–Crippen MR) is 126 cm³/mol. The van der Waals surface area contributed by atoms with Crippen molar-refractivity contribution in [3.8, 4) is 22.5 Å².